The molecule has 1 heterocycles. The van der Waals surface area contributed by atoms with Crippen LogP contribution in [0.5, 0.6) is 5.75 Å². The largest absolute Gasteiger partial charge is 0.507 e. The predicted molar refractivity (Wildman–Crippen MR) is 162 cm³/mol. The molecule has 8 heteroatoms. The maximum atomic E-state index is 13.8. The Bertz CT molecular complexity index is 1740. The highest BCUT2D eigenvalue weighted by Gasteiger charge is 2.41. The van der Waals surface area contributed by atoms with Crippen molar-refractivity contribution in [1.82, 2.24) is 4.98 Å². The number of hydrogen-bond acceptors (Lipinski definition) is 5. The SMILES string of the molecule is CC(C)(C)c1cc(CCC(=O)Nc2cccc3ccc(C4C(=O)c5cc(F)c(F)cc5C4=O)nc23)cc(C(C)(C)C)c1O. The monoisotopic (exact) mass is 584 g/mol. The van der Waals surface area contributed by atoms with Crippen LogP contribution in [0, 0.1) is 11.6 Å². The summed E-state index contributed by atoms with van der Waals surface area (Å²) in [7, 11) is 0. The van der Waals surface area contributed by atoms with Gasteiger partial charge in [-0.15, -0.1) is 0 Å². The molecule has 1 aliphatic rings. The van der Waals surface area contributed by atoms with Crippen LogP contribution in [0.3, 0.4) is 0 Å². The van der Waals surface area contributed by atoms with Crippen LogP contribution >= 0.6 is 0 Å². The van der Waals surface area contributed by atoms with Gasteiger partial charge in [0.1, 0.15) is 11.7 Å². The minimum Gasteiger partial charge on any atom is -0.507 e. The number of benzene rings is 3. The third-order valence-electron chi connectivity index (χ3n) is 7.85. The Morgan fingerprint density at radius 3 is 1.95 bits per heavy atom. The molecule has 0 saturated carbocycles. The number of amides is 1. The standard InChI is InChI=1S/C35H34F2N2O4/c1-34(2,3)22-14-18(15-23(33(22)43)35(4,5)6)10-13-28(40)38-27-9-7-8-19-11-12-26(39-30(19)27)29-31(41)20-16-24(36)25(37)17-21(20)32(29)42/h7-9,11-12,14-17,29,43H,10,13H2,1-6H3,(H,38,40). The van der Waals surface area contributed by atoms with Gasteiger partial charge in [0, 0.05) is 22.9 Å². The van der Waals surface area contributed by atoms with E-state index in [4.69, 9.17) is 0 Å². The average Bonchev–Trinajstić information content (AvgIpc) is 3.15. The lowest BCUT2D eigenvalue weighted by atomic mass is 9.78. The van der Waals surface area contributed by atoms with Crippen LogP contribution in [0.25, 0.3) is 10.9 Å². The van der Waals surface area contributed by atoms with Crippen LogP contribution in [-0.2, 0) is 22.0 Å². The molecule has 1 aromatic heterocycles. The van der Waals surface area contributed by atoms with Crippen LogP contribution in [0.15, 0.2) is 54.6 Å². The number of hydrogen-bond donors (Lipinski definition) is 2. The van der Waals surface area contributed by atoms with E-state index in [2.05, 4.69) is 10.3 Å². The van der Waals surface area contributed by atoms with Gasteiger partial charge in [-0.05, 0) is 58.2 Å². The molecule has 0 spiro atoms. The van der Waals surface area contributed by atoms with E-state index >= 15 is 0 Å². The molecule has 1 aliphatic carbocycles. The molecule has 0 radical (unpaired) electrons. The molecular weight excluding hydrogens is 550 g/mol. The predicted octanol–water partition coefficient (Wildman–Crippen LogP) is 7.55. The van der Waals surface area contributed by atoms with E-state index in [1.807, 2.05) is 53.7 Å². The van der Waals surface area contributed by atoms with E-state index in [9.17, 15) is 28.3 Å². The lowest BCUT2D eigenvalue weighted by Crippen LogP contribution is -2.18. The van der Waals surface area contributed by atoms with Gasteiger partial charge in [0.2, 0.25) is 5.91 Å². The number of ketones is 2. The van der Waals surface area contributed by atoms with E-state index in [1.54, 1.807) is 24.3 Å². The van der Waals surface area contributed by atoms with Crippen LogP contribution in [0.2, 0.25) is 0 Å². The third kappa shape index (κ3) is 5.66. The molecule has 6 nitrogen and oxygen atoms in total. The number of phenolic OH excluding ortho intramolecular Hbond substituents is 1. The summed E-state index contributed by atoms with van der Waals surface area (Å²) in [6.07, 6.45) is 0.609. The molecule has 0 saturated heterocycles. The molecule has 0 fully saturated rings. The first-order valence-corrected chi connectivity index (χ1v) is 14.2. The molecule has 43 heavy (non-hydrogen) atoms. The number of carbonyl (C=O) groups excluding carboxylic acids is 3. The summed E-state index contributed by atoms with van der Waals surface area (Å²) in [5.74, 6) is -5.00. The van der Waals surface area contributed by atoms with Gasteiger partial charge in [0.15, 0.2) is 23.2 Å². The Balaban J connectivity index is 1.40. The summed E-state index contributed by atoms with van der Waals surface area (Å²) in [6, 6.07) is 13.9. The summed E-state index contributed by atoms with van der Waals surface area (Å²) < 4.78 is 27.6. The molecule has 0 bridgehead atoms. The van der Waals surface area contributed by atoms with Gasteiger partial charge in [-0.1, -0.05) is 71.9 Å². The lowest BCUT2D eigenvalue weighted by Gasteiger charge is -2.28. The number of Topliss-reactive ketones (excluding diaryl/α,β-unsaturated/α-hetero) is 2. The van der Waals surface area contributed by atoms with E-state index in [0.29, 0.717) is 23.0 Å². The number of anilines is 1. The summed E-state index contributed by atoms with van der Waals surface area (Å²) in [6.45, 7) is 12.2. The third-order valence-corrected chi connectivity index (χ3v) is 7.85. The smallest absolute Gasteiger partial charge is 0.224 e. The highest BCUT2D eigenvalue weighted by Crippen LogP contribution is 2.40. The second kappa shape index (κ2) is 10.7. The van der Waals surface area contributed by atoms with E-state index in [-0.39, 0.29) is 45.7 Å². The maximum Gasteiger partial charge on any atom is 0.224 e. The van der Waals surface area contributed by atoms with Crippen molar-refractivity contribution in [2.75, 3.05) is 5.32 Å². The zero-order valence-electron chi connectivity index (χ0n) is 25.1. The molecule has 0 aliphatic heterocycles. The summed E-state index contributed by atoms with van der Waals surface area (Å²) in [5.41, 5.74) is 2.59. The van der Waals surface area contributed by atoms with Crippen molar-refractivity contribution < 1.29 is 28.3 Å². The van der Waals surface area contributed by atoms with Crippen LogP contribution < -0.4 is 5.32 Å². The molecule has 3 aromatic carbocycles. The number of aromatic nitrogens is 1. The van der Waals surface area contributed by atoms with Crippen molar-refractivity contribution in [3.05, 3.63) is 99.7 Å². The summed E-state index contributed by atoms with van der Waals surface area (Å²) in [5, 5.41) is 14.6. The number of nitrogens with zero attached hydrogens (tertiary/aromatic N) is 1. The number of aryl methyl sites for hydroxylation is 1. The van der Waals surface area contributed by atoms with Gasteiger partial charge in [-0.3, -0.25) is 14.4 Å². The van der Waals surface area contributed by atoms with Crippen molar-refractivity contribution in [3.8, 4) is 5.75 Å². The van der Waals surface area contributed by atoms with Crippen molar-refractivity contribution in [2.45, 2.75) is 71.1 Å². The van der Waals surface area contributed by atoms with Crippen molar-refractivity contribution >= 4 is 34.1 Å². The first-order chi connectivity index (χ1) is 20.1. The second-order valence-corrected chi connectivity index (χ2v) is 13.2. The maximum absolute atomic E-state index is 13.8. The Labute approximate surface area is 249 Å². The van der Waals surface area contributed by atoms with E-state index in [1.165, 1.54) is 6.07 Å². The molecule has 5 rings (SSSR count). The number of nitrogens with one attached hydrogen (secondary N) is 1. The number of phenols is 1. The van der Waals surface area contributed by atoms with Crippen molar-refractivity contribution in [2.24, 2.45) is 0 Å². The highest BCUT2D eigenvalue weighted by atomic mass is 19.2. The number of rotatable bonds is 5. The average molecular weight is 585 g/mol. The van der Waals surface area contributed by atoms with Gasteiger partial charge in [0.05, 0.1) is 16.9 Å². The summed E-state index contributed by atoms with van der Waals surface area (Å²) >= 11 is 0. The molecule has 4 aromatic rings. The van der Waals surface area contributed by atoms with Gasteiger partial charge in [-0.2, -0.15) is 0 Å². The Hall–Kier alpha value is -4.46. The number of para-hydroxylation sites is 1. The normalized spacial score (nSPS) is 14.0. The highest BCUT2D eigenvalue weighted by molar-refractivity contribution is 6.29. The number of carbonyl (C=O) groups is 3. The van der Waals surface area contributed by atoms with Crippen LogP contribution in [-0.4, -0.2) is 27.6 Å². The lowest BCUT2D eigenvalue weighted by molar-refractivity contribution is -0.116. The fraction of sp³-hybridized carbons (Fsp3) is 0.314. The number of aromatic hydroxyl groups is 1. The number of fused-ring (bicyclic) bond motifs is 2. The van der Waals surface area contributed by atoms with Gasteiger partial charge in [-0.25, -0.2) is 13.8 Å². The van der Waals surface area contributed by atoms with Gasteiger partial charge < -0.3 is 10.4 Å². The molecule has 0 atom stereocenters. The Morgan fingerprint density at radius 1 is 0.860 bits per heavy atom. The Kier molecular flexibility index (Phi) is 7.45. The zero-order valence-corrected chi connectivity index (χ0v) is 25.1. The van der Waals surface area contributed by atoms with E-state index in [0.717, 1.165) is 28.8 Å². The second-order valence-electron chi connectivity index (χ2n) is 13.2. The van der Waals surface area contributed by atoms with Crippen LogP contribution in [0.1, 0.15) is 97.0 Å². The molecule has 1 amide bonds. The minimum absolute atomic E-state index is 0.134. The van der Waals surface area contributed by atoms with Crippen molar-refractivity contribution in [3.63, 3.8) is 0 Å². The van der Waals surface area contributed by atoms with Gasteiger partial charge >= 0.3 is 0 Å². The quantitative estimate of drug-likeness (QED) is 0.236. The molecular formula is C35H34F2N2O4. The number of pyridine rings is 1. The first-order valence-electron chi connectivity index (χ1n) is 14.2. The van der Waals surface area contributed by atoms with Gasteiger partial charge in [0.25, 0.3) is 0 Å². The van der Waals surface area contributed by atoms with Crippen LogP contribution in [0.4, 0.5) is 14.5 Å². The molecule has 2 N–H and O–H groups in total. The van der Waals surface area contributed by atoms with Crippen molar-refractivity contribution in [1.29, 1.82) is 0 Å². The molecule has 222 valence electrons. The fourth-order valence-corrected chi connectivity index (χ4v) is 5.53. The Morgan fingerprint density at radius 2 is 1.42 bits per heavy atom. The molecule has 0 unspecified atom stereocenters. The van der Waals surface area contributed by atoms with E-state index < -0.39 is 29.1 Å². The minimum atomic E-state index is -1.33. The number of halogens is 2. The zero-order chi connectivity index (χ0) is 31.4. The summed E-state index contributed by atoms with van der Waals surface area (Å²) in [4.78, 5) is 43.8. The fourth-order valence-electron chi connectivity index (χ4n) is 5.53. The first kappa shape index (κ1) is 30.0. The topological polar surface area (TPSA) is 96.4 Å².